The van der Waals surface area contributed by atoms with Crippen molar-refractivity contribution in [3.8, 4) is 22.8 Å². The molecule has 8 rings (SSSR count). The topological polar surface area (TPSA) is 54.6 Å². The molecule has 1 N–H and O–H groups in total. The van der Waals surface area contributed by atoms with Crippen LogP contribution in [0.15, 0.2) is 109 Å². The third kappa shape index (κ3) is 3.43. The molecule has 0 fully saturated rings. The van der Waals surface area contributed by atoms with Gasteiger partial charge in [-0.1, -0.05) is 78.9 Å². The Morgan fingerprint density at radius 2 is 1.56 bits per heavy atom. The highest BCUT2D eigenvalue weighted by Crippen LogP contribution is 2.46. The second kappa shape index (κ2) is 8.50. The molecule has 5 nitrogen and oxygen atoms in total. The van der Waals surface area contributed by atoms with E-state index in [-0.39, 0.29) is 18.7 Å². The lowest BCUT2D eigenvalue weighted by molar-refractivity contribution is 0.0737. The molecule has 1 aromatic heterocycles. The van der Waals surface area contributed by atoms with Crippen molar-refractivity contribution in [2.24, 2.45) is 0 Å². The first-order chi connectivity index (χ1) is 19.2. The van der Waals surface area contributed by atoms with E-state index in [0.717, 1.165) is 55.9 Å². The van der Waals surface area contributed by atoms with Gasteiger partial charge in [-0.25, -0.2) is 0 Å². The Balaban J connectivity index is 1.33. The molecule has 1 amide bonds. The maximum Gasteiger partial charge on any atom is 0.255 e. The van der Waals surface area contributed by atoms with Gasteiger partial charge in [0.2, 0.25) is 6.79 Å². The molecule has 0 aliphatic carbocycles. The summed E-state index contributed by atoms with van der Waals surface area (Å²) in [5.41, 5.74) is 7.06. The molecule has 5 aromatic carbocycles. The summed E-state index contributed by atoms with van der Waals surface area (Å²) in [7, 11) is 0. The van der Waals surface area contributed by atoms with Crippen LogP contribution >= 0.6 is 0 Å². The first-order valence-corrected chi connectivity index (χ1v) is 13.1. The number of para-hydroxylation sites is 1. The first kappa shape index (κ1) is 22.0. The van der Waals surface area contributed by atoms with Gasteiger partial charge in [0, 0.05) is 28.6 Å². The number of carbonyl (C=O) groups is 1. The molecule has 2 aliphatic heterocycles. The molecule has 5 heteroatoms. The van der Waals surface area contributed by atoms with E-state index in [1.807, 2.05) is 47.4 Å². The number of ether oxygens (including phenoxy) is 2. The average molecular weight is 509 g/mol. The second-order valence-corrected chi connectivity index (χ2v) is 10.1. The van der Waals surface area contributed by atoms with Crippen molar-refractivity contribution < 1.29 is 14.3 Å². The third-order valence-electron chi connectivity index (χ3n) is 7.91. The van der Waals surface area contributed by atoms with Gasteiger partial charge in [0.15, 0.2) is 11.5 Å². The summed E-state index contributed by atoms with van der Waals surface area (Å²) in [4.78, 5) is 19.7. The molecule has 39 heavy (non-hydrogen) atoms. The van der Waals surface area contributed by atoms with E-state index in [2.05, 4.69) is 71.7 Å². The molecule has 1 unspecified atom stereocenters. The molecule has 0 radical (unpaired) electrons. The largest absolute Gasteiger partial charge is 0.454 e. The minimum absolute atomic E-state index is 0.0306. The summed E-state index contributed by atoms with van der Waals surface area (Å²) >= 11 is 0. The first-order valence-electron chi connectivity index (χ1n) is 13.1. The number of benzene rings is 5. The van der Waals surface area contributed by atoms with Gasteiger partial charge in [-0.05, 0) is 57.8 Å². The molecule has 6 aromatic rings. The highest BCUT2D eigenvalue weighted by Gasteiger charge is 2.40. The zero-order valence-electron chi connectivity index (χ0n) is 21.1. The lowest BCUT2D eigenvalue weighted by Gasteiger charge is -2.27. The lowest BCUT2D eigenvalue weighted by Crippen LogP contribution is -2.28. The van der Waals surface area contributed by atoms with Crippen molar-refractivity contribution in [2.75, 3.05) is 6.79 Å². The van der Waals surface area contributed by atoms with Gasteiger partial charge in [-0.3, -0.25) is 4.79 Å². The van der Waals surface area contributed by atoms with Gasteiger partial charge in [0.1, 0.15) is 0 Å². The normalized spacial score (nSPS) is 15.8. The van der Waals surface area contributed by atoms with Gasteiger partial charge in [0.05, 0.1) is 11.7 Å². The number of nitrogens with one attached hydrogen (secondary N) is 1. The van der Waals surface area contributed by atoms with Crippen LogP contribution in [0.2, 0.25) is 0 Å². The fourth-order valence-corrected chi connectivity index (χ4v) is 6.10. The minimum Gasteiger partial charge on any atom is -0.454 e. The number of fused-ring (bicyclic) bond motifs is 4. The van der Waals surface area contributed by atoms with Crippen LogP contribution in [0.3, 0.4) is 0 Å². The fourth-order valence-electron chi connectivity index (χ4n) is 6.10. The van der Waals surface area contributed by atoms with Gasteiger partial charge in [-0.2, -0.15) is 0 Å². The summed E-state index contributed by atoms with van der Waals surface area (Å²) in [6.07, 6.45) is 0. The number of rotatable bonds is 4. The monoisotopic (exact) mass is 508 g/mol. The Kier molecular flexibility index (Phi) is 4.79. The summed E-state index contributed by atoms with van der Waals surface area (Å²) in [6.45, 7) is 0.672. The smallest absolute Gasteiger partial charge is 0.255 e. The van der Waals surface area contributed by atoms with Crippen molar-refractivity contribution in [3.05, 3.63) is 131 Å². The number of aromatic amines is 1. The van der Waals surface area contributed by atoms with Crippen molar-refractivity contribution in [2.45, 2.75) is 12.6 Å². The van der Waals surface area contributed by atoms with E-state index < -0.39 is 0 Å². The van der Waals surface area contributed by atoms with Crippen LogP contribution < -0.4 is 9.47 Å². The van der Waals surface area contributed by atoms with Crippen LogP contribution in [0, 0.1) is 0 Å². The SMILES string of the molecule is O=C1c2ccccc2C(c2c(-c3ccc4ccccc4c3)[nH]c3ccccc23)N1Cc1ccc2c(c1)OCO2. The van der Waals surface area contributed by atoms with E-state index in [1.54, 1.807) is 0 Å². The number of carbonyl (C=O) groups excluding carboxylic acids is 1. The van der Waals surface area contributed by atoms with Crippen LogP contribution in [0.5, 0.6) is 11.5 Å². The molecular weight excluding hydrogens is 484 g/mol. The molecule has 3 heterocycles. The van der Waals surface area contributed by atoms with E-state index in [4.69, 9.17) is 9.47 Å². The van der Waals surface area contributed by atoms with Crippen molar-refractivity contribution in [1.82, 2.24) is 9.88 Å². The molecule has 0 saturated heterocycles. The molecule has 1 atom stereocenters. The van der Waals surface area contributed by atoms with E-state index in [0.29, 0.717) is 6.54 Å². The predicted molar refractivity (Wildman–Crippen MR) is 152 cm³/mol. The minimum atomic E-state index is -0.253. The van der Waals surface area contributed by atoms with Crippen LogP contribution in [0.1, 0.15) is 33.1 Å². The standard InChI is InChI=1S/C34H24N2O3/c37-34-26-10-4-3-9-25(26)33(36(34)19-21-13-16-29-30(17-21)39-20-38-29)31-27-11-5-6-12-28(27)35-32(31)24-15-14-22-7-1-2-8-23(22)18-24/h1-18,33,35H,19-20H2. The van der Waals surface area contributed by atoms with E-state index in [9.17, 15) is 4.79 Å². The van der Waals surface area contributed by atoms with E-state index in [1.165, 1.54) is 10.8 Å². The lowest BCUT2D eigenvalue weighted by atomic mass is 9.92. The predicted octanol–water partition coefficient (Wildman–Crippen LogP) is 7.46. The van der Waals surface area contributed by atoms with Gasteiger partial charge >= 0.3 is 0 Å². The van der Waals surface area contributed by atoms with Crippen LogP contribution in [0.4, 0.5) is 0 Å². The van der Waals surface area contributed by atoms with Crippen molar-refractivity contribution in [3.63, 3.8) is 0 Å². The van der Waals surface area contributed by atoms with E-state index >= 15 is 0 Å². The molecular formula is C34H24N2O3. The summed E-state index contributed by atoms with van der Waals surface area (Å²) in [5, 5.41) is 3.50. The highest BCUT2D eigenvalue weighted by atomic mass is 16.7. The number of aromatic nitrogens is 1. The zero-order chi connectivity index (χ0) is 25.9. The Bertz CT molecular complexity index is 1920. The number of H-pyrrole nitrogens is 1. The fraction of sp³-hybridized carbons (Fsp3) is 0.0882. The molecule has 188 valence electrons. The average Bonchev–Trinajstić information content (AvgIpc) is 3.67. The quantitative estimate of drug-likeness (QED) is 0.269. The molecule has 0 bridgehead atoms. The Labute approximate surface area is 225 Å². The molecule has 0 saturated carbocycles. The van der Waals surface area contributed by atoms with Gasteiger partial charge in [-0.15, -0.1) is 0 Å². The van der Waals surface area contributed by atoms with Crippen LogP contribution in [0.25, 0.3) is 32.9 Å². The zero-order valence-corrected chi connectivity index (χ0v) is 21.1. The number of amides is 1. The molecule has 2 aliphatic rings. The number of hydrogen-bond donors (Lipinski definition) is 1. The second-order valence-electron chi connectivity index (χ2n) is 10.1. The summed E-state index contributed by atoms with van der Waals surface area (Å²) in [6, 6.07) is 37.0. The molecule has 0 spiro atoms. The van der Waals surface area contributed by atoms with Gasteiger partial charge in [0.25, 0.3) is 5.91 Å². The Hall–Kier alpha value is -5.03. The maximum atomic E-state index is 14.0. The van der Waals surface area contributed by atoms with Gasteiger partial charge < -0.3 is 19.4 Å². The Morgan fingerprint density at radius 1 is 0.769 bits per heavy atom. The highest BCUT2D eigenvalue weighted by molar-refractivity contribution is 6.02. The van der Waals surface area contributed by atoms with Crippen molar-refractivity contribution in [1.29, 1.82) is 0 Å². The third-order valence-corrected chi connectivity index (χ3v) is 7.91. The summed E-state index contributed by atoms with van der Waals surface area (Å²) in [5.74, 6) is 1.49. The van der Waals surface area contributed by atoms with Crippen molar-refractivity contribution >= 4 is 27.6 Å². The number of hydrogen-bond acceptors (Lipinski definition) is 3. The van der Waals surface area contributed by atoms with Crippen LogP contribution in [-0.4, -0.2) is 22.6 Å². The maximum absolute atomic E-state index is 14.0. The van der Waals surface area contributed by atoms with Crippen LogP contribution in [-0.2, 0) is 6.54 Å². The summed E-state index contributed by atoms with van der Waals surface area (Å²) < 4.78 is 11.1. The number of nitrogens with zero attached hydrogens (tertiary/aromatic N) is 1. The Morgan fingerprint density at radius 3 is 2.51 bits per heavy atom.